The summed E-state index contributed by atoms with van der Waals surface area (Å²) in [5.41, 5.74) is 5.00. The zero-order chi connectivity index (χ0) is 21.6. The minimum absolute atomic E-state index is 0.161. The maximum atomic E-state index is 6.51. The van der Waals surface area contributed by atoms with Crippen molar-refractivity contribution in [2.45, 2.75) is 33.1 Å². The Morgan fingerprint density at radius 2 is 1.63 bits per heavy atom. The molecule has 4 rings (SSSR count). The summed E-state index contributed by atoms with van der Waals surface area (Å²) in [5.74, 6) is 0.782. The molecule has 0 aliphatic rings. The van der Waals surface area contributed by atoms with Crippen molar-refractivity contribution in [1.29, 1.82) is 0 Å². The summed E-state index contributed by atoms with van der Waals surface area (Å²) in [5, 5.41) is 9.84. The Morgan fingerprint density at radius 3 is 2.30 bits per heavy atom. The number of hydrogen-bond donors (Lipinski definition) is 1. The van der Waals surface area contributed by atoms with Crippen molar-refractivity contribution < 1.29 is 0 Å². The molecule has 0 saturated carbocycles. The molecule has 0 aliphatic heterocycles. The topological polar surface area (TPSA) is 42.2 Å². The highest BCUT2D eigenvalue weighted by Gasteiger charge is 2.23. The first kappa shape index (κ1) is 21.0. The SMILES string of the molecule is Cc1nn2c(Nc3ccc(Cl)c(Cl)c3)cc(C(C)(C)C)nc2c1-c1ccccc1Cl. The van der Waals surface area contributed by atoms with Crippen LogP contribution in [0.2, 0.25) is 15.1 Å². The zero-order valence-corrected chi connectivity index (χ0v) is 19.4. The van der Waals surface area contributed by atoms with E-state index in [0.717, 1.165) is 39.7 Å². The lowest BCUT2D eigenvalue weighted by molar-refractivity contribution is 0.569. The van der Waals surface area contributed by atoms with Gasteiger partial charge in [0.2, 0.25) is 0 Å². The molecule has 2 aromatic heterocycles. The molecule has 2 heterocycles. The van der Waals surface area contributed by atoms with Crippen LogP contribution in [0.25, 0.3) is 16.8 Å². The number of nitrogens with zero attached hydrogens (tertiary/aromatic N) is 3. The Morgan fingerprint density at radius 1 is 0.900 bits per heavy atom. The van der Waals surface area contributed by atoms with Crippen LogP contribution in [0, 0.1) is 6.92 Å². The highest BCUT2D eigenvalue weighted by atomic mass is 35.5. The van der Waals surface area contributed by atoms with Gasteiger partial charge in [-0.1, -0.05) is 73.8 Å². The third-order valence-electron chi connectivity index (χ3n) is 4.87. The fourth-order valence-electron chi connectivity index (χ4n) is 3.30. The molecule has 0 fully saturated rings. The fourth-order valence-corrected chi connectivity index (χ4v) is 3.83. The van der Waals surface area contributed by atoms with E-state index >= 15 is 0 Å². The smallest absolute Gasteiger partial charge is 0.165 e. The predicted molar refractivity (Wildman–Crippen MR) is 127 cm³/mol. The van der Waals surface area contributed by atoms with Crippen molar-refractivity contribution in [1.82, 2.24) is 14.6 Å². The van der Waals surface area contributed by atoms with Crippen molar-refractivity contribution in [3.8, 4) is 11.1 Å². The van der Waals surface area contributed by atoms with E-state index in [2.05, 4.69) is 26.1 Å². The van der Waals surface area contributed by atoms with E-state index in [1.807, 2.05) is 47.8 Å². The second-order valence-corrected chi connectivity index (χ2v) is 9.43. The van der Waals surface area contributed by atoms with Gasteiger partial charge in [0, 0.05) is 27.8 Å². The highest BCUT2D eigenvalue weighted by Crippen LogP contribution is 2.36. The molecule has 2 aromatic carbocycles. The molecule has 0 aliphatic carbocycles. The van der Waals surface area contributed by atoms with E-state index in [4.69, 9.17) is 44.9 Å². The largest absolute Gasteiger partial charge is 0.340 e. The molecule has 4 aromatic rings. The van der Waals surface area contributed by atoms with Gasteiger partial charge in [-0.25, -0.2) is 4.98 Å². The molecule has 0 bridgehead atoms. The van der Waals surface area contributed by atoms with E-state index < -0.39 is 0 Å². The summed E-state index contributed by atoms with van der Waals surface area (Å²) < 4.78 is 1.81. The number of nitrogens with one attached hydrogen (secondary N) is 1. The van der Waals surface area contributed by atoms with Gasteiger partial charge in [0.15, 0.2) is 5.65 Å². The lowest BCUT2D eigenvalue weighted by Crippen LogP contribution is -2.16. The number of halogens is 3. The molecule has 0 spiro atoms. The van der Waals surface area contributed by atoms with Gasteiger partial charge in [0.1, 0.15) is 5.82 Å². The van der Waals surface area contributed by atoms with Gasteiger partial charge in [0.25, 0.3) is 0 Å². The normalized spacial score (nSPS) is 11.8. The summed E-state index contributed by atoms with van der Waals surface area (Å²) in [6.07, 6.45) is 0. The number of anilines is 2. The van der Waals surface area contributed by atoms with Crippen molar-refractivity contribution >= 4 is 52.0 Å². The fraction of sp³-hybridized carbons (Fsp3) is 0.217. The number of rotatable bonds is 3. The van der Waals surface area contributed by atoms with Crippen molar-refractivity contribution in [3.05, 3.63) is 75.0 Å². The minimum atomic E-state index is -0.161. The van der Waals surface area contributed by atoms with E-state index in [1.54, 1.807) is 12.1 Å². The number of aromatic nitrogens is 3. The Bertz CT molecular complexity index is 1260. The lowest BCUT2D eigenvalue weighted by Gasteiger charge is -2.20. The van der Waals surface area contributed by atoms with E-state index in [1.165, 1.54) is 0 Å². The Balaban J connectivity index is 1.97. The van der Waals surface area contributed by atoms with Gasteiger partial charge in [-0.05, 0) is 31.2 Å². The molecule has 0 amide bonds. The van der Waals surface area contributed by atoms with E-state index in [0.29, 0.717) is 15.1 Å². The van der Waals surface area contributed by atoms with Crippen LogP contribution in [0.15, 0.2) is 48.5 Å². The van der Waals surface area contributed by atoms with Gasteiger partial charge in [-0.3, -0.25) is 0 Å². The minimum Gasteiger partial charge on any atom is -0.340 e. The van der Waals surface area contributed by atoms with Crippen LogP contribution < -0.4 is 5.32 Å². The van der Waals surface area contributed by atoms with E-state index in [9.17, 15) is 0 Å². The zero-order valence-electron chi connectivity index (χ0n) is 17.1. The first-order chi connectivity index (χ1) is 14.1. The molecule has 30 heavy (non-hydrogen) atoms. The second-order valence-electron chi connectivity index (χ2n) is 8.21. The first-order valence-corrected chi connectivity index (χ1v) is 10.7. The molecule has 4 nitrogen and oxygen atoms in total. The summed E-state index contributed by atoms with van der Waals surface area (Å²) in [7, 11) is 0. The van der Waals surface area contributed by atoms with Crippen LogP contribution >= 0.6 is 34.8 Å². The Hall–Kier alpha value is -2.27. The molecule has 0 unspecified atom stereocenters. The quantitative estimate of drug-likeness (QED) is 0.341. The maximum absolute atomic E-state index is 6.51. The molecule has 7 heteroatoms. The van der Waals surface area contributed by atoms with Crippen molar-refractivity contribution in [3.63, 3.8) is 0 Å². The van der Waals surface area contributed by atoms with Gasteiger partial charge in [-0.15, -0.1) is 0 Å². The van der Waals surface area contributed by atoms with Crippen LogP contribution in [0.3, 0.4) is 0 Å². The Kier molecular flexibility index (Phi) is 5.43. The highest BCUT2D eigenvalue weighted by molar-refractivity contribution is 6.42. The number of aryl methyl sites for hydroxylation is 1. The third kappa shape index (κ3) is 3.87. The van der Waals surface area contributed by atoms with Crippen molar-refractivity contribution in [2.24, 2.45) is 0 Å². The van der Waals surface area contributed by atoms with Crippen LogP contribution in [0.1, 0.15) is 32.2 Å². The van der Waals surface area contributed by atoms with Crippen LogP contribution in [0.4, 0.5) is 11.5 Å². The molecule has 1 N–H and O–H groups in total. The summed E-state index contributed by atoms with van der Waals surface area (Å²) in [6, 6.07) is 15.2. The standard InChI is InChI=1S/C23H21Cl3N4/c1-13-21(15-7-5-6-8-16(15)24)22-28-19(23(2,3)4)12-20(30(22)29-13)27-14-9-10-17(25)18(26)11-14/h5-12,27H,1-4H3. The predicted octanol–water partition coefficient (Wildman–Crippen LogP) is 7.71. The Labute approximate surface area is 190 Å². The molecule has 0 atom stereocenters. The monoisotopic (exact) mass is 458 g/mol. The molecule has 0 saturated heterocycles. The average Bonchev–Trinajstić information content (AvgIpc) is 3.01. The number of benzene rings is 2. The molecule has 154 valence electrons. The number of hydrogen-bond acceptors (Lipinski definition) is 3. The number of fused-ring (bicyclic) bond motifs is 1. The second kappa shape index (κ2) is 7.77. The average molecular weight is 460 g/mol. The van der Waals surface area contributed by atoms with Crippen molar-refractivity contribution in [2.75, 3.05) is 5.32 Å². The summed E-state index contributed by atoms with van der Waals surface area (Å²) in [4.78, 5) is 4.97. The molecular weight excluding hydrogens is 439 g/mol. The van der Waals surface area contributed by atoms with Gasteiger partial charge >= 0.3 is 0 Å². The first-order valence-electron chi connectivity index (χ1n) is 9.53. The van der Waals surface area contributed by atoms with Gasteiger partial charge in [0.05, 0.1) is 27.0 Å². The summed E-state index contributed by atoms with van der Waals surface area (Å²) >= 11 is 18.8. The van der Waals surface area contributed by atoms with Gasteiger partial charge < -0.3 is 5.32 Å². The lowest BCUT2D eigenvalue weighted by atomic mass is 9.92. The summed E-state index contributed by atoms with van der Waals surface area (Å²) in [6.45, 7) is 8.36. The van der Waals surface area contributed by atoms with Crippen LogP contribution in [-0.2, 0) is 5.41 Å². The molecular formula is C23H21Cl3N4. The van der Waals surface area contributed by atoms with Gasteiger partial charge in [-0.2, -0.15) is 9.61 Å². The maximum Gasteiger partial charge on any atom is 0.165 e. The third-order valence-corrected chi connectivity index (χ3v) is 5.94. The molecule has 0 radical (unpaired) electrons. The van der Waals surface area contributed by atoms with Crippen LogP contribution in [-0.4, -0.2) is 14.6 Å². The van der Waals surface area contributed by atoms with Crippen LogP contribution in [0.5, 0.6) is 0 Å². The van der Waals surface area contributed by atoms with E-state index in [-0.39, 0.29) is 5.41 Å².